The second-order valence-corrected chi connectivity index (χ2v) is 5.01. The molecule has 0 fully saturated rings. The lowest BCUT2D eigenvalue weighted by molar-refractivity contribution is 0.102. The molecule has 0 aliphatic rings. The first-order chi connectivity index (χ1) is 10.6. The van der Waals surface area contributed by atoms with Crippen LogP contribution in [0.4, 0.5) is 10.1 Å². The monoisotopic (exact) mass is 296 g/mol. The summed E-state index contributed by atoms with van der Waals surface area (Å²) in [6, 6.07) is 11.4. The quantitative estimate of drug-likeness (QED) is 0.762. The van der Waals surface area contributed by atoms with Crippen molar-refractivity contribution in [1.82, 2.24) is 4.98 Å². The number of rotatable bonds is 2. The number of para-hydroxylation sites is 1. The molecule has 0 aliphatic heterocycles. The van der Waals surface area contributed by atoms with E-state index >= 15 is 0 Å². The van der Waals surface area contributed by atoms with Crippen molar-refractivity contribution in [1.29, 1.82) is 0 Å². The van der Waals surface area contributed by atoms with E-state index in [1.165, 1.54) is 24.4 Å². The molecule has 1 heterocycles. The number of nitrogens with one attached hydrogen (secondary N) is 2. The number of carbonyl (C=O) groups is 1. The molecule has 0 saturated carbocycles. The van der Waals surface area contributed by atoms with Gasteiger partial charge in [-0.1, -0.05) is 23.8 Å². The fraction of sp³-hybridized carbons (Fsp3) is 0.0588. The summed E-state index contributed by atoms with van der Waals surface area (Å²) < 4.78 is 13.6. The average molecular weight is 296 g/mol. The number of fused-ring (bicyclic) bond motifs is 1. The number of aromatic amines is 1. The average Bonchev–Trinajstić information content (AvgIpc) is 2.51. The minimum atomic E-state index is -0.531. The topological polar surface area (TPSA) is 62.0 Å². The van der Waals surface area contributed by atoms with E-state index in [-0.39, 0.29) is 16.5 Å². The van der Waals surface area contributed by atoms with Crippen LogP contribution in [0.15, 0.2) is 53.5 Å². The van der Waals surface area contributed by atoms with Crippen molar-refractivity contribution in [3.8, 4) is 0 Å². The Balaban J connectivity index is 1.99. The molecule has 3 aromatic rings. The van der Waals surface area contributed by atoms with Crippen LogP contribution in [-0.4, -0.2) is 10.9 Å². The van der Waals surface area contributed by atoms with Crippen molar-refractivity contribution in [2.24, 2.45) is 0 Å². The van der Waals surface area contributed by atoms with E-state index in [0.717, 1.165) is 5.56 Å². The lowest BCUT2D eigenvalue weighted by Crippen LogP contribution is -2.22. The molecule has 1 aromatic heterocycles. The zero-order valence-corrected chi connectivity index (χ0v) is 11.8. The van der Waals surface area contributed by atoms with E-state index in [0.29, 0.717) is 5.69 Å². The first-order valence-electron chi connectivity index (χ1n) is 6.74. The number of benzene rings is 2. The highest BCUT2D eigenvalue weighted by atomic mass is 19.1. The zero-order chi connectivity index (χ0) is 15.7. The molecule has 3 rings (SSSR count). The number of carbonyl (C=O) groups excluding carboxylic acids is 1. The Labute approximate surface area is 125 Å². The van der Waals surface area contributed by atoms with E-state index in [4.69, 9.17) is 0 Å². The van der Waals surface area contributed by atoms with Crippen LogP contribution in [0.25, 0.3) is 10.9 Å². The molecule has 0 aliphatic carbocycles. The summed E-state index contributed by atoms with van der Waals surface area (Å²) in [7, 11) is 0. The van der Waals surface area contributed by atoms with Crippen LogP contribution in [0.2, 0.25) is 0 Å². The van der Waals surface area contributed by atoms with Gasteiger partial charge in [0.1, 0.15) is 11.4 Å². The number of amides is 1. The van der Waals surface area contributed by atoms with Gasteiger partial charge in [-0.25, -0.2) is 4.39 Å². The molecule has 0 bridgehead atoms. The van der Waals surface area contributed by atoms with Crippen LogP contribution in [0.3, 0.4) is 0 Å². The fourth-order valence-corrected chi connectivity index (χ4v) is 2.22. The Kier molecular flexibility index (Phi) is 3.47. The van der Waals surface area contributed by atoms with E-state index in [9.17, 15) is 14.0 Å². The molecule has 0 atom stereocenters. The van der Waals surface area contributed by atoms with Crippen LogP contribution in [0, 0.1) is 12.7 Å². The Morgan fingerprint density at radius 2 is 1.86 bits per heavy atom. The minimum Gasteiger partial charge on any atom is -0.358 e. The van der Waals surface area contributed by atoms with Crippen molar-refractivity contribution in [2.45, 2.75) is 6.92 Å². The van der Waals surface area contributed by atoms with Crippen LogP contribution < -0.4 is 10.7 Å². The van der Waals surface area contributed by atoms with Crippen molar-refractivity contribution in [3.05, 3.63) is 75.8 Å². The van der Waals surface area contributed by atoms with Gasteiger partial charge in [-0.15, -0.1) is 0 Å². The number of halogens is 1. The van der Waals surface area contributed by atoms with Gasteiger partial charge in [0, 0.05) is 17.3 Å². The van der Waals surface area contributed by atoms with Crippen LogP contribution in [-0.2, 0) is 0 Å². The Morgan fingerprint density at radius 3 is 2.59 bits per heavy atom. The van der Waals surface area contributed by atoms with Crippen molar-refractivity contribution >= 4 is 22.5 Å². The van der Waals surface area contributed by atoms with Gasteiger partial charge in [0.15, 0.2) is 0 Å². The summed E-state index contributed by atoms with van der Waals surface area (Å²) in [6.45, 7) is 1.94. The van der Waals surface area contributed by atoms with Gasteiger partial charge in [-0.05, 0) is 31.2 Å². The molecular weight excluding hydrogens is 283 g/mol. The van der Waals surface area contributed by atoms with E-state index < -0.39 is 17.2 Å². The van der Waals surface area contributed by atoms with E-state index in [1.807, 2.05) is 19.1 Å². The first kappa shape index (κ1) is 14.0. The highest BCUT2D eigenvalue weighted by Gasteiger charge is 2.14. The number of pyridine rings is 1. The van der Waals surface area contributed by atoms with Gasteiger partial charge >= 0.3 is 0 Å². The first-order valence-corrected chi connectivity index (χ1v) is 6.74. The predicted octanol–water partition coefficient (Wildman–Crippen LogP) is 3.23. The third kappa shape index (κ3) is 2.48. The van der Waals surface area contributed by atoms with Gasteiger partial charge in [-0.2, -0.15) is 0 Å². The molecule has 0 unspecified atom stereocenters. The highest BCUT2D eigenvalue weighted by Crippen LogP contribution is 2.13. The van der Waals surface area contributed by atoms with Gasteiger partial charge < -0.3 is 10.3 Å². The summed E-state index contributed by atoms with van der Waals surface area (Å²) in [5.74, 6) is -1.06. The highest BCUT2D eigenvalue weighted by molar-refractivity contribution is 6.05. The predicted molar refractivity (Wildman–Crippen MR) is 83.7 cm³/mol. The van der Waals surface area contributed by atoms with E-state index in [2.05, 4.69) is 10.3 Å². The molecule has 2 N–H and O–H groups in total. The zero-order valence-electron chi connectivity index (χ0n) is 11.8. The summed E-state index contributed by atoms with van der Waals surface area (Å²) in [6.07, 6.45) is 1.23. The molecule has 0 radical (unpaired) electrons. The molecule has 0 saturated heterocycles. The second kappa shape index (κ2) is 5.44. The van der Waals surface area contributed by atoms with Gasteiger partial charge in [0.25, 0.3) is 5.91 Å². The summed E-state index contributed by atoms with van der Waals surface area (Å²) >= 11 is 0. The standard InChI is InChI=1S/C17H13FN2O2/c1-10-5-7-11(8-6-10)20-17(22)13-9-19-15-12(16(13)21)3-2-4-14(15)18/h2-9H,1H3,(H,19,21)(H,20,22). The molecule has 0 spiro atoms. The molecule has 22 heavy (non-hydrogen) atoms. The number of aromatic nitrogens is 1. The largest absolute Gasteiger partial charge is 0.358 e. The molecule has 5 heteroatoms. The van der Waals surface area contributed by atoms with Crippen molar-refractivity contribution in [2.75, 3.05) is 5.32 Å². The maximum atomic E-state index is 13.6. The second-order valence-electron chi connectivity index (χ2n) is 5.01. The molecule has 4 nitrogen and oxygen atoms in total. The van der Waals surface area contributed by atoms with Gasteiger partial charge in [-0.3, -0.25) is 9.59 Å². The van der Waals surface area contributed by atoms with Crippen LogP contribution in [0.5, 0.6) is 0 Å². The third-order valence-corrected chi connectivity index (χ3v) is 3.42. The van der Waals surface area contributed by atoms with Crippen molar-refractivity contribution in [3.63, 3.8) is 0 Å². The third-order valence-electron chi connectivity index (χ3n) is 3.42. The number of hydrogen-bond donors (Lipinski definition) is 2. The Hall–Kier alpha value is -2.95. The smallest absolute Gasteiger partial charge is 0.261 e. The summed E-state index contributed by atoms with van der Waals surface area (Å²) in [4.78, 5) is 27.2. The van der Waals surface area contributed by atoms with E-state index in [1.54, 1.807) is 12.1 Å². The normalized spacial score (nSPS) is 10.6. The summed E-state index contributed by atoms with van der Waals surface area (Å²) in [5, 5.41) is 2.80. The maximum absolute atomic E-state index is 13.6. The maximum Gasteiger partial charge on any atom is 0.261 e. The summed E-state index contributed by atoms with van der Waals surface area (Å²) in [5.41, 5.74) is 1.20. The van der Waals surface area contributed by atoms with Crippen LogP contribution >= 0.6 is 0 Å². The lowest BCUT2D eigenvalue weighted by Gasteiger charge is -2.06. The fourth-order valence-electron chi connectivity index (χ4n) is 2.22. The van der Waals surface area contributed by atoms with Gasteiger partial charge in [0.05, 0.1) is 5.52 Å². The molecular formula is C17H13FN2O2. The molecule has 2 aromatic carbocycles. The number of hydrogen-bond acceptors (Lipinski definition) is 2. The van der Waals surface area contributed by atoms with Gasteiger partial charge in [0.2, 0.25) is 5.43 Å². The van der Waals surface area contributed by atoms with Crippen LogP contribution in [0.1, 0.15) is 15.9 Å². The molecule has 1 amide bonds. The SMILES string of the molecule is Cc1ccc(NC(=O)c2c[nH]c3c(F)cccc3c2=O)cc1. The number of aryl methyl sites for hydroxylation is 1. The molecule has 110 valence electrons. The Morgan fingerprint density at radius 1 is 1.14 bits per heavy atom. The number of anilines is 1. The minimum absolute atomic E-state index is 0.0568. The number of H-pyrrole nitrogens is 1. The Bertz CT molecular complexity index is 914. The lowest BCUT2D eigenvalue weighted by atomic mass is 10.1. The van der Waals surface area contributed by atoms with Crippen molar-refractivity contribution < 1.29 is 9.18 Å².